The number of unbranched alkanes of at least 4 members (excludes halogenated alkanes) is 2. The highest BCUT2D eigenvalue weighted by Gasteiger charge is 2.04. The van der Waals surface area contributed by atoms with Gasteiger partial charge in [0.25, 0.3) is 0 Å². The summed E-state index contributed by atoms with van der Waals surface area (Å²) in [4.78, 5) is 4.10. The molecule has 3 N–H and O–H groups in total. The third-order valence-electron chi connectivity index (χ3n) is 2.64. The SMILES string of the molecule is CCCCCNC(=NC)NCCCNS(=O)(=O)CC. The normalized spacial score (nSPS) is 12.5. The minimum atomic E-state index is -3.07. The Hall–Kier alpha value is -0.820. The lowest BCUT2D eigenvalue weighted by atomic mass is 10.2. The fraction of sp³-hybridized carbons (Fsp3) is 0.917. The molecule has 114 valence electrons. The van der Waals surface area contributed by atoms with Gasteiger partial charge in [-0.1, -0.05) is 19.8 Å². The number of hydrogen-bond donors (Lipinski definition) is 3. The van der Waals surface area contributed by atoms with E-state index >= 15 is 0 Å². The summed E-state index contributed by atoms with van der Waals surface area (Å²) in [6, 6.07) is 0. The third kappa shape index (κ3) is 10.8. The Morgan fingerprint density at radius 3 is 2.16 bits per heavy atom. The van der Waals surface area contributed by atoms with Crippen LogP contribution >= 0.6 is 0 Å². The first-order valence-electron chi connectivity index (χ1n) is 6.97. The summed E-state index contributed by atoms with van der Waals surface area (Å²) in [5.41, 5.74) is 0. The van der Waals surface area contributed by atoms with Crippen LogP contribution in [0, 0.1) is 0 Å². The first-order chi connectivity index (χ1) is 9.05. The Morgan fingerprint density at radius 1 is 1.00 bits per heavy atom. The second-order valence-electron chi connectivity index (χ2n) is 4.28. The lowest BCUT2D eigenvalue weighted by Gasteiger charge is -2.11. The summed E-state index contributed by atoms with van der Waals surface area (Å²) >= 11 is 0. The van der Waals surface area contributed by atoms with Gasteiger partial charge in [-0.25, -0.2) is 13.1 Å². The largest absolute Gasteiger partial charge is 0.356 e. The van der Waals surface area contributed by atoms with Crippen LogP contribution in [0.1, 0.15) is 39.5 Å². The maximum atomic E-state index is 11.2. The molecule has 0 fully saturated rings. The number of hydrogen-bond acceptors (Lipinski definition) is 3. The average Bonchev–Trinajstić information content (AvgIpc) is 2.40. The van der Waals surface area contributed by atoms with Gasteiger partial charge >= 0.3 is 0 Å². The monoisotopic (exact) mass is 292 g/mol. The standard InChI is InChI=1S/C12H28N4O2S/c1-4-6-7-9-14-12(13-3)15-10-8-11-16-19(17,18)5-2/h16H,4-11H2,1-3H3,(H2,13,14,15). The molecule has 6 nitrogen and oxygen atoms in total. The highest BCUT2D eigenvalue weighted by molar-refractivity contribution is 7.89. The molecule has 0 rings (SSSR count). The minimum Gasteiger partial charge on any atom is -0.356 e. The van der Waals surface area contributed by atoms with E-state index in [2.05, 4.69) is 27.3 Å². The predicted octanol–water partition coefficient (Wildman–Crippen LogP) is 0.671. The maximum Gasteiger partial charge on any atom is 0.211 e. The molecule has 0 radical (unpaired) electrons. The van der Waals surface area contributed by atoms with Gasteiger partial charge in [-0.05, 0) is 19.8 Å². The van der Waals surface area contributed by atoms with Crippen LogP contribution in [0.15, 0.2) is 4.99 Å². The Balaban J connectivity index is 3.62. The van der Waals surface area contributed by atoms with Crippen molar-refractivity contribution >= 4 is 16.0 Å². The lowest BCUT2D eigenvalue weighted by Crippen LogP contribution is -2.39. The molecule has 0 saturated carbocycles. The molecular weight excluding hydrogens is 264 g/mol. The summed E-state index contributed by atoms with van der Waals surface area (Å²) < 4.78 is 24.9. The molecule has 0 aromatic carbocycles. The summed E-state index contributed by atoms with van der Waals surface area (Å²) in [6.07, 6.45) is 4.27. The summed E-state index contributed by atoms with van der Waals surface area (Å²) in [7, 11) is -1.34. The van der Waals surface area contributed by atoms with Crippen LogP contribution in [-0.4, -0.2) is 46.8 Å². The second kappa shape index (κ2) is 11.0. The van der Waals surface area contributed by atoms with E-state index in [-0.39, 0.29) is 5.75 Å². The van der Waals surface area contributed by atoms with Gasteiger partial charge in [0, 0.05) is 26.7 Å². The topological polar surface area (TPSA) is 82.6 Å². The van der Waals surface area contributed by atoms with Crippen molar-refractivity contribution in [3.05, 3.63) is 0 Å². The van der Waals surface area contributed by atoms with Gasteiger partial charge in [0.2, 0.25) is 10.0 Å². The van der Waals surface area contributed by atoms with Crippen LogP contribution in [0.3, 0.4) is 0 Å². The maximum absolute atomic E-state index is 11.2. The van der Waals surface area contributed by atoms with E-state index in [1.165, 1.54) is 12.8 Å². The molecule has 0 aliphatic heterocycles. The number of nitrogens with zero attached hydrogens (tertiary/aromatic N) is 1. The Bertz CT molecular complexity index is 342. The van der Waals surface area contributed by atoms with Gasteiger partial charge in [0.15, 0.2) is 5.96 Å². The molecule has 0 spiro atoms. The summed E-state index contributed by atoms with van der Waals surface area (Å²) in [5, 5.41) is 6.38. The van der Waals surface area contributed by atoms with Crippen molar-refractivity contribution in [2.24, 2.45) is 4.99 Å². The van der Waals surface area contributed by atoms with Crippen molar-refractivity contribution in [1.82, 2.24) is 15.4 Å². The van der Waals surface area contributed by atoms with E-state index in [4.69, 9.17) is 0 Å². The van der Waals surface area contributed by atoms with Crippen molar-refractivity contribution in [3.8, 4) is 0 Å². The number of aliphatic imine (C=N–C) groups is 1. The molecule has 0 bridgehead atoms. The average molecular weight is 292 g/mol. The Kier molecular flexibility index (Phi) is 10.6. The molecule has 0 amide bonds. The van der Waals surface area contributed by atoms with E-state index in [1.54, 1.807) is 14.0 Å². The van der Waals surface area contributed by atoms with E-state index < -0.39 is 10.0 Å². The van der Waals surface area contributed by atoms with Crippen LogP contribution in [0.2, 0.25) is 0 Å². The van der Waals surface area contributed by atoms with Crippen LogP contribution < -0.4 is 15.4 Å². The van der Waals surface area contributed by atoms with Crippen LogP contribution in [-0.2, 0) is 10.0 Å². The molecular formula is C12H28N4O2S. The number of rotatable bonds is 10. The highest BCUT2D eigenvalue weighted by atomic mass is 32.2. The first kappa shape index (κ1) is 18.2. The van der Waals surface area contributed by atoms with Gasteiger partial charge in [-0.2, -0.15) is 0 Å². The van der Waals surface area contributed by atoms with Gasteiger partial charge in [0.1, 0.15) is 0 Å². The molecule has 0 aliphatic carbocycles. The van der Waals surface area contributed by atoms with E-state index in [1.807, 2.05) is 0 Å². The number of guanidine groups is 1. The summed E-state index contributed by atoms with van der Waals surface area (Å²) in [6.45, 7) is 5.86. The molecule has 0 heterocycles. The fourth-order valence-corrected chi connectivity index (χ4v) is 2.09. The fourth-order valence-electron chi connectivity index (χ4n) is 1.43. The first-order valence-corrected chi connectivity index (χ1v) is 8.62. The van der Waals surface area contributed by atoms with Crippen LogP contribution in [0.25, 0.3) is 0 Å². The smallest absolute Gasteiger partial charge is 0.211 e. The van der Waals surface area contributed by atoms with Crippen molar-refractivity contribution < 1.29 is 8.42 Å². The van der Waals surface area contributed by atoms with Crippen LogP contribution in [0.4, 0.5) is 0 Å². The molecule has 0 atom stereocenters. The van der Waals surface area contributed by atoms with Gasteiger partial charge in [-0.15, -0.1) is 0 Å². The molecule has 0 aromatic rings. The molecule has 7 heteroatoms. The molecule has 0 saturated heterocycles. The van der Waals surface area contributed by atoms with E-state index in [0.29, 0.717) is 13.1 Å². The second-order valence-corrected chi connectivity index (χ2v) is 6.38. The van der Waals surface area contributed by atoms with Crippen molar-refractivity contribution in [2.75, 3.05) is 32.4 Å². The molecule has 0 aromatic heterocycles. The zero-order valence-electron chi connectivity index (χ0n) is 12.3. The zero-order valence-corrected chi connectivity index (χ0v) is 13.1. The Morgan fingerprint density at radius 2 is 1.63 bits per heavy atom. The Labute approximate surface area is 117 Å². The highest BCUT2D eigenvalue weighted by Crippen LogP contribution is 1.90. The predicted molar refractivity (Wildman–Crippen MR) is 81.0 cm³/mol. The zero-order chi connectivity index (χ0) is 14.6. The summed E-state index contributed by atoms with van der Waals surface area (Å²) in [5.74, 6) is 0.899. The minimum absolute atomic E-state index is 0.126. The van der Waals surface area contributed by atoms with Gasteiger partial charge in [-0.3, -0.25) is 4.99 Å². The van der Waals surface area contributed by atoms with Crippen molar-refractivity contribution in [1.29, 1.82) is 0 Å². The van der Waals surface area contributed by atoms with E-state index in [0.717, 1.165) is 25.3 Å². The number of sulfonamides is 1. The van der Waals surface area contributed by atoms with E-state index in [9.17, 15) is 8.42 Å². The molecule has 19 heavy (non-hydrogen) atoms. The van der Waals surface area contributed by atoms with Gasteiger partial charge < -0.3 is 10.6 Å². The van der Waals surface area contributed by atoms with Gasteiger partial charge in [0.05, 0.1) is 5.75 Å². The quantitative estimate of drug-likeness (QED) is 0.314. The molecule has 0 aliphatic rings. The van der Waals surface area contributed by atoms with Crippen LogP contribution in [0.5, 0.6) is 0 Å². The van der Waals surface area contributed by atoms with Crippen molar-refractivity contribution in [2.45, 2.75) is 39.5 Å². The number of nitrogens with one attached hydrogen (secondary N) is 3. The lowest BCUT2D eigenvalue weighted by molar-refractivity contribution is 0.579. The third-order valence-corrected chi connectivity index (χ3v) is 4.05. The molecule has 0 unspecified atom stereocenters. The van der Waals surface area contributed by atoms with Crippen molar-refractivity contribution in [3.63, 3.8) is 0 Å².